The average molecular weight is 344 g/mol. The first-order valence-electron chi connectivity index (χ1n) is 8.13. The van der Waals surface area contributed by atoms with Gasteiger partial charge in [-0.3, -0.25) is 14.7 Å². The van der Waals surface area contributed by atoms with Crippen LogP contribution in [-0.4, -0.2) is 39.3 Å². The second kappa shape index (κ2) is 7.33. The van der Waals surface area contributed by atoms with Crippen molar-refractivity contribution in [3.63, 3.8) is 0 Å². The third-order valence-corrected chi connectivity index (χ3v) is 4.46. The Morgan fingerprint density at radius 3 is 2.64 bits per heavy atom. The second-order valence-electron chi connectivity index (χ2n) is 6.10. The Hall–Kier alpha value is -2.90. The minimum atomic E-state index is -0.824. The lowest BCUT2D eigenvalue weighted by molar-refractivity contribution is -0.141. The van der Waals surface area contributed by atoms with E-state index in [2.05, 4.69) is 20.5 Å². The number of carboxylic acids is 1. The lowest BCUT2D eigenvalue weighted by Gasteiger charge is -2.09. The van der Waals surface area contributed by atoms with E-state index < -0.39 is 11.9 Å². The summed E-state index contributed by atoms with van der Waals surface area (Å²) in [4.78, 5) is 27.5. The molecule has 1 saturated carbocycles. The van der Waals surface area contributed by atoms with Gasteiger partial charge in [-0.05, 0) is 43.5 Å². The van der Waals surface area contributed by atoms with E-state index in [-0.39, 0.29) is 18.4 Å². The van der Waals surface area contributed by atoms with Crippen LogP contribution in [0.5, 0.6) is 5.75 Å². The lowest BCUT2D eigenvalue weighted by atomic mass is 10.0. The number of ether oxygens (including phenoxy) is 1. The number of amides is 1. The quantitative estimate of drug-likeness (QED) is 0.733. The Bertz CT molecular complexity index is 756. The van der Waals surface area contributed by atoms with Crippen molar-refractivity contribution >= 4 is 11.9 Å². The summed E-state index contributed by atoms with van der Waals surface area (Å²) in [6.07, 6.45) is 1.56. The predicted molar refractivity (Wildman–Crippen MR) is 88.7 cm³/mol. The molecule has 0 bridgehead atoms. The largest absolute Gasteiger partial charge is 0.497 e. The molecule has 8 nitrogen and oxygen atoms in total. The van der Waals surface area contributed by atoms with Crippen molar-refractivity contribution in [1.82, 2.24) is 20.5 Å². The van der Waals surface area contributed by atoms with Crippen molar-refractivity contribution in [3.8, 4) is 17.1 Å². The molecule has 3 N–H and O–H groups in total. The van der Waals surface area contributed by atoms with E-state index in [0.29, 0.717) is 30.9 Å². The number of carbonyl (C=O) groups excluding carboxylic acids is 1. The molecule has 1 aliphatic rings. The molecular formula is C17H20N4O4. The summed E-state index contributed by atoms with van der Waals surface area (Å²) in [6, 6.07) is 7.36. The number of methoxy groups -OCH3 is 1. The van der Waals surface area contributed by atoms with E-state index >= 15 is 0 Å². The molecule has 1 aliphatic carbocycles. The van der Waals surface area contributed by atoms with Crippen molar-refractivity contribution in [1.29, 1.82) is 0 Å². The topological polar surface area (TPSA) is 117 Å². The molecule has 2 aromatic rings. The molecule has 0 unspecified atom stereocenters. The zero-order valence-electron chi connectivity index (χ0n) is 13.9. The number of hydrogen-bond donors (Lipinski definition) is 3. The van der Waals surface area contributed by atoms with Gasteiger partial charge in [-0.1, -0.05) is 0 Å². The van der Waals surface area contributed by atoms with Crippen LogP contribution in [0.25, 0.3) is 11.4 Å². The van der Waals surface area contributed by atoms with Gasteiger partial charge in [-0.15, -0.1) is 0 Å². The van der Waals surface area contributed by atoms with Crippen LogP contribution < -0.4 is 10.1 Å². The molecule has 1 heterocycles. The fraction of sp³-hybridized carbons (Fsp3) is 0.412. The fourth-order valence-corrected chi connectivity index (χ4v) is 3.00. The van der Waals surface area contributed by atoms with Gasteiger partial charge < -0.3 is 15.2 Å². The van der Waals surface area contributed by atoms with Crippen LogP contribution in [0.1, 0.15) is 25.1 Å². The molecule has 1 aromatic carbocycles. The molecule has 3 rings (SSSR count). The number of nitrogens with zero attached hydrogens (tertiary/aromatic N) is 2. The summed E-state index contributed by atoms with van der Waals surface area (Å²) in [5.41, 5.74) is 0.842. The number of aliphatic carboxylic acids is 1. The maximum atomic E-state index is 12.2. The van der Waals surface area contributed by atoms with Gasteiger partial charge in [-0.2, -0.15) is 5.10 Å². The summed E-state index contributed by atoms with van der Waals surface area (Å²) < 4.78 is 5.11. The summed E-state index contributed by atoms with van der Waals surface area (Å²) >= 11 is 0. The second-order valence-corrected chi connectivity index (χ2v) is 6.10. The Balaban J connectivity index is 1.55. The number of H-pyrrole nitrogens is 1. The van der Waals surface area contributed by atoms with Crippen LogP contribution >= 0.6 is 0 Å². The smallest absolute Gasteiger partial charge is 0.306 e. The molecule has 1 fully saturated rings. The highest BCUT2D eigenvalue weighted by Crippen LogP contribution is 2.31. The van der Waals surface area contributed by atoms with E-state index in [0.717, 1.165) is 11.3 Å². The highest BCUT2D eigenvalue weighted by atomic mass is 16.5. The zero-order chi connectivity index (χ0) is 17.8. The third-order valence-electron chi connectivity index (χ3n) is 4.46. The number of rotatable bonds is 6. The number of carboxylic acid groups (broad SMARTS) is 1. The van der Waals surface area contributed by atoms with Gasteiger partial charge in [-0.25, -0.2) is 4.98 Å². The normalized spacial score (nSPS) is 19.6. The van der Waals surface area contributed by atoms with Crippen LogP contribution in [0.4, 0.5) is 0 Å². The maximum Gasteiger partial charge on any atom is 0.306 e. The molecule has 1 aromatic heterocycles. The van der Waals surface area contributed by atoms with E-state index in [4.69, 9.17) is 9.84 Å². The molecule has 0 spiro atoms. The highest BCUT2D eigenvalue weighted by Gasteiger charge is 2.33. The van der Waals surface area contributed by atoms with Crippen molar-refractivity contribution in [2.45, 2.75) is 25.8 Å². The Morgan fingerprint density at radius 1 is 1.28 bits per heavy atom. The molecule has 1 amide bonds. The van der Waals surface area contributed by atoms with Crippen molar-refractivity contribution < 1.29 is 19.4 Å². The molecule has 25 heavy (non-hydrogen) atoms. The number of benzene rings is 1. The summed E-state index contributed by atoms with van der Waals surface area (Å²) in [7, 11) is 1.60. The molecule has 132 valence electrons. The van der Waals surface area contributed by atoms with Crippen LogP contribution in [0, 0.1) is 11.8 Å². The van der Waals surface area contributed by atoms with Gasteiger partial charge in [0.2, 0.25) is 5.91 Å². The highest BCUT2D eigenvalue weighted by molar-refractivity contribution is 5.80. The molecule has 0 radical (unpaired) electrons. The number of aromatic nitrogens is 3. The Kier molecular flexibility index (Phi) is 4.97. The van der Waals surface area contributed by atoms with Crippen molar-refractivity contribution in [2.75, 3.05) is 7.11 Å². The molecule has 2 atom stereocenters. The van der Waals surface area contributed by atoms with Crippen LogP contribution in [0.2, 0.25) is 0 Å². The molecule has 0 saturated heterocycles. The predicted octanol–water partition coefficient (Wildman–Crippen LogP) is 1.60. The Morgan fingerprint density at radius 2 is 2.00 bits per heavy atom. The maximum absolute atomic E-state index is 12.2. The number of hydrogen-bond acceptors (Lipinski definition) is 5. The van der Waals surface area contributed by atoms with Gasteiger partial charge in [0.05, 0.1) is 19.6 Å². The fourth-order valence-electron chi connectivity index (χ4n) is 3.00. The van der Waals surface area contributed by atoms with Crippen LogP contribution in [0.3, 0.4) is 0 Å². The SMILES string of the molecule is COc1ccc(-c2n[nH]c(CNC(=O)[C@@H]3CC[C@H](C(=O)O)C3)n2)cc1. The van der Waals surface area contributed by atoms with Gasteiger partial charge >= 0.3 is 5.97 Å². The van der Waals surface area contributed by atoms with Gasteiger partial charge in [0.25, 0.3) is 0 Å². The van der Waals surface area contributed by atoms with Crippen molar-refractivity contribution in [2.24, 2.45) is 11.8 Å². The monoisotopic (exact) mass is 344 g/mol. The van der Waals surface area contributed by atoms with E-state index in [1.54, 1.807) is 7.11 Å². The molecular weight excluding hydrogens is 324 g/mol. The molecule has 0 aliphatic heterocycles. The summed E-state index contributed by atoms with van der Waals surface area (Å²) in [5.74, 6) is 0.224. The first-order valence-corrected chi connectivity index (χ1v) is 8.13. The number of nitrogens with one attached hydrogen (secondary N) is 2. The lowest BCUT2D eigenvalue weighted by Crippen LogP contribution is -2.29. The molecule has 8 heteroatoms. The third kappa shape index (κ3) is 3.96. The number of carbonyl (C=O) groups is 2. The summed E-state index contributed by atoms with van der Waals surface area (Å²) in [6.45, 7) is 0.232. The van der Waals surface area contributed by atoms with Gasteiger partial charge in [0.15, 0.2) is 5.82 Å². The van der Waals surface area contributed by atoms with E-state index in [1.165, 1.54) is 0 Å². The summed E-state index contributed by atoms with van der Waals surface area (Å²) in [5, 5.41) is 18.8. The first kappa shape index (κ1) is 16.9. The Labute approximate surface area is 144 Å². The van der Waals surface area contributed by atoms with Gasteiger partial charge in [0, 0.05) is 11.5 Å². The minimum Gasteiger partial charge on any atom is -0.497 e. The number of aromatic amines is 1. The average Bonchev–Trinajstić information content (AvgIpc) is 3.29. The van der Waals surface area contributed by atoms with E-state index in [1.807, 2.05) is 24.3 Å². The van der Waals surface area contributed by atoms with Gasteiger partial charge in [0.1, 0.15) is 11.6 Å². The van der Waals surface area contributed by atoms with Crippen LogP contribution in [0.15, 0.2) is 24.3 Å². The van der Waals surface area contributed by atoms with Crippen molar-refractivity contribution in [3.05, 3.63) is 30.1 Å². The minimum absolute atomic E-state index is 0.133. The van der Waals surface area contributed by atoms with Crippen LogP contribution in [-0.2, 0) is 16.1 Å². The first-order chi connectivity index (χ1) is 12.1. The zero-order valence-corrected chi connectivity index (χ0v) is 13.9. The van der Waals surface area contributed by atoms with E-state index in [9.17, 15) is 9.59 Å². The standard InChI is InChI=1S/C17H20N4O4/c1-25-13-6-4-10(5-7-13)15-19-14(20-21-15)9-18-16(22)11-2-3-12(8-11)17(23)24/h4-7,11-12H,2-3,8-9H2,1H3,(H,18,22)(H,23,24)(H,19,20,21)/t11-,12+/m1/s1.